The van der Waals surface area contributed by atoms with Gasteiger partial charge < -0.3 is 28.9 Å². The second kappa shape index (κ2) is 10.4. The molecule has 1 aromatic heterocycles. The van der Waals surface area contributed by atoms with Crippen LogP contribution in [0, 0.1) is 0 Å². The van der Waals surface area contributed by atoms with Gasteiger partial charge in [0, 0.05) is 36.1 Å². The number of allylic oxidation sites excluding steroid dienone is 6. The van der Waals surface area contributed by atoms with Crippen molar-refractivity contribution in [2.75, 3.05) is 11.4 Å². The van der Waals surface area contributed by atoms with Crippen molar-refractivity contribution in [2.45, 2.75) is 20.4 Å². The van der Waals surface area contributed by atoms with Crippen LogP contribution in [0.3, 0.4) is 0 Å². The lowest BCUT2D eigenvalue weighted by atomic mass is 9.99. The van der Waals surface area contributed by atoms with Gasteiger partial charge in [-0.15, -0.1) is 0 Å². The smallest absolute Gasteiger partial charge is 0.213 e. The molecule has 3 aromatic rings. The number of benzene rings is 2. The second-order valence-electron chi connectivity index (χ2n) is 7.06. The van der Waals surface area contributed by atoms with Crippen molar-refractivity contribution < 1.29 is 28.5 Å². The summed E-state index contributed by atoms with van der Waals surface area (Å²) < 4.78 is 2.28. The average molecular weight is 506 g/mol. The van der Waals surface area contributed by atoms with Gasteiger partial charge in [-0.05, 0) is 43.2 Å². The highest BCUT2D eigenvalue weighted by Crippen LogP contribution is 2.32. The van der Waals surface area contributed by atoms with Gasteiger partial charge in [-0.3, -0.25) is 0 Å². The average Bonchev–Trinajstić information content (AvgIpc) is 2.78. The van der Waals surface area contributed by atoms with E-state index in [1.165, 1.54) is 33.3 Å². The predicted octanol–water partition coefficient (Wildman–Crippen LogP) is 3.16. The van der Waals surface area contributed by atoms with Gasteiger partial charge in [0.1, 0.15) is 6.54 Å². The first-order valence-electron chi connectivity index (χ1n) is 10.3. The van der Waals surface area contributed by atoms with E-state index >= 15 is 0 Å². The molecule has 0 amide bonds. The first-order valence-corrected chi connectivity index (χ1v) is 10.3. The van der Waals surface area contributed by atoms with E-state index in [2.05, 4.69) is 127 Å². The van der Waals surface area contributed by atoms with E-state index in [1.54, 1.807) is 0 Å². The zero-order chi connectivity index (χ0) is 20.1. The number of anilines is 1. The Labute approximate surface area is 196 Å². The number of rotatable bonds is 5. The molecule has 1 aliphatic rings. The van der Waals surface area contributed by atoms with E-state index in [4.69, 9.17) is 0 Å². The molecule has 30 heavy (non-hydrogen) atoms. The monoisotopic (exact) mass is 506 g/mol. The van der Waals surface area contributed by atoms with E-state index in [-0.39, 0.29) is 24.0 Å². The van der Waals surface area contributed by atoms with Gasteiger partial charge in [0.25, 0.3) is 0 Å². The number of pyridine rings is 1. The van der Waals surface area contributed by atoms with E-state index in [1.807, 2.05) is 0 Å². The number of aromatic nitrogens is 1. The fourth-order valence-corrected chi connectivity index (χ4v) is 3.84. The number of para-hydroxylation sites is 2. The van der Waals surface area contributed by atoms with E-state index in [9.17, 15) is 0 Å². The van der Waals surface area contributed by atoms with Crippen LogP contribution in [0.2, 0.25) is 0 Å². The highest BCUT2D eigenvalue weighted by atomic mass is 127. The van der Waals surface area contributed by atoms with Gasteiger partial charge in [0.2, 0.25) is 5.52 Å². The molecule has 4 rings (SSSR count). The van der Waals surface area contributed by atoms with E-state index in [0.29, 0.717) is 0 Å². The molecule has 0 bridgehead atoms. The molecule has 0 fully saturated rings. The molecular weight excluding hydrogens is 479 g/mol. The molecule has 0 atom stereocenters. The SMILES string of the molecule is CCN1C=C/C(=C/C=C/C=C/c2cc[n+](CC)c3ccccc23)c2ccccc21.[I-]. The minimum atomic E-state index is 0. The van der Waals surface area contributed by atoms with E-state index < -0.39 is 0 Å². The number of nitrogens with zero attached hydrogens (tertiary/aromatic N) is 2. The molecule has 2 aromatic carbocycles. The van der Waals surface area contributed by atoms with Gasteiger partial charge in [0.15, 0.2) is 6.20 Å². The molecule has 2 heterocycles. The van der Waals surface area contributed by atoms with Gasteiger partial charge in [-0.2, -0.15) is 4.57 Å². The zero-order valence-corrected chi connectivity index (χ0v) is 19.7. The maximum Gasteiger partial charge on any atom is 0.213 e. The molecule has 1 aliphatic heterocycles. The molecule has 0 spiro atoms. The van der Waals surface area contributed by atoms with Crippen LogP contribution in [0.25, 0.3) is 22.6 Å². The molecule has 152 valence electrons. The van der Waals surface area contributed by atoms with Crippen molar-refractivity contribution in [1.82, 2.24) is 0 Å². The molecule has 0 radical (unpaired) electrons. The van der Waals surface area contributed by atoms with Crippen molar-refractivity contribution in [3.05, 3.63) is 109 Å². The summed E-state index contributed by atoms with van der Waals surface area (Å²) in [7, 11) is 0. The standard InChI is InChI=1S/C27H27N2.HI/c1-3-28-20-18-22(24-14-8-10-16-26(24)28)12-6-5-7-13-23-19-21-29(4-2)27-17-11-9-15-25(23)27;/h5-21H,3-4H2,1-2H3;1H/q+1;/p-1. The quantitative estimate of drug-likeness (QED) is 0.293. The van der Waals surface area contributed by atoms with Crippen molar-refractivity contribution >= 4 is 28.2 Å². The maximum atomic E-state index is 2.28. The summed E-state index contributed by atoms with van der Waals surface area (Å²) in [5, 5.41) is 1.28. The van der Waals surface area contributed by atoms with E-state index in [0.717, 1.165) is 13.1 Å². The van der Waals surface area contributed by atoms with Crippen molar-refractivity contribution in [2.24, 2.45) is 0 Å². The normalized spacial score (nSPS) is 14.6. The summed E-state index contributed by atoms with van der Waals surface area (Å²) in [5.74, 6) is 0. The Morgan fingerprint density at radius 3 is 2.53 bits per heavy atom. The molecule has 0 saturated heterocycles. The number of aryl methyl sites for hydroxylation is 1. The third-order valence-electron chi connectivity index (χ3n) is 5.37. The van der Waals surface area contributed by atoms with Crippen LogP contribution in [0.5, 0.6) is 0 Å². The second-order valence-corrected chi connectivity index (χ2v) is 7.06. The fraction of sp³-hybridized carbons (Fsp3) is 0.148. The third kappa shape index (κ3) is 4.57. The molecular formula is C27H27IN2. The number of halogens is 1. The number of fused-ring (bicyclic) bond motifs is 2. The van der Waals surface area contributed by atoms with Gasteiger partial charge >= 0.3 is 0 Å². The Balaban J connectivity index is 0.00000256. The topological polar surface area (TPSA) is 7.12 Å². The first-order chi connectivity index (χ1) is 14.3. The van der Waals surface area contributed by atoms with Crippen LogP contribution in [0.4, 0.5) is 5.69 Å². The number of hydrogen-bond acceptors (Lipinski definition) is 1. The Morgan fingerprint density at radius 2 is 1.70 bits per heavy atom. The van der Waals surface area contributed by atoms with Crippen molar-refractivity contribution in [1.29, 1.82) is 0 Å². The Hall–Kier alpha value is -2.66. The van der Waals surface area contributed by atoms with Crippen LogP contribution in [0.1, 0.15) is 25.0 Å². The Kier molecular flexibility index (Phi) is 7.63. The van der Waals surface area contributed by atoms with Gasteiger partial charge in [-0.1, -0.05) is 60.7 Å². The first kappa shape index (κ1) is 22.0. The van der Waals surface area contributed by atoms with Crippen LogP contribution >= 0.6 is 0 Å². The fourth-order valence-electron chi connectivity index (χ4n) is 3.84. The zero-order valence-electron chi connectivity index (χ0n) is 17.5. The Morgan fingerprint density at radius 1 is 0.900 bits per heavy atom. The molecule has 0 aliphatic carbocycles. The summed E-state index contributed by atoms with van der Waals surface area (Å²) in [6.07, 6.45) is 17.2. The molecule has 0 unspecified atom stereocenters. The van der Waals surface area contributed by atoms with Crippen LogP contribution in [-0.2, 0) is 6.54 Å². The highest BCUT2D eigenvalue weighted by molar-refractivity contribution is 5.87. The lowest BCUT2D eigenvalue weighted by Crippen LogP contribution is -3.00. The summed E-state index contributed by atoms with van der Waals surface area (Å²) >= 11 is 0. The highest BCUT2D eigenvalue weighted by Gasteiger charge is 2.13. The minimum absolute atomic E-state index is 0. The predicted molar refractivity (Wildman–Crippen MR) is 125 cm³/mol. The van der Waals surface area contributed by atoms with Crippen molar-refractivity contribution in [3.8, 4) is 0 Å². The Bertz CT molecular complexity index is 1140. The van der Waals surface area contributed by atoms with Crippen molar-refractivity contribution in [3.63, 3.8) is 0 Å². The van der Waals surface area contributed by atoms with Crippen LogP contribution < -0.4 is 33.4 Å². The maximum absolute atomic E-state index is 2.28. The van der Waals surface area contributed by atoms with Gasteiger partial charge in [-0.25, -0.2) is 0 Å². The minimum Gasteiger partial charge on any atom is -1.00 e. The molecule has 2 nitrogen and oxygen atoms in total. The summed E-state index contributed by atoms with van der Waals surface area (Å²) in [4.78, 5) is 2.28. The van der Waals surface area contributed by atoms with Gasteiger partial charge in [0.05, 0.1) is 5.39 Å². The molecule has 0 N–H and O–H groups in total. The largest absolute Gasteiger partial charge is 1.00 e. The summed E-state index contributed by atoms with van der Waals surface area (Å²) in [5.41, 5.74) is 6.30. The molecule has 3 heteroatoms. The summed E-state index contributed by atoms with van der Waals surface area (Å²) in [6.45, 7) is 6.30. The van der Waals surface area contributed by atoms with Crippen LogP contribution in [-0.4, -0.2) is 6.54 Å². The summed E-state index contributed by atoms with van der Waals surface area (Å²) in [6, 6.07) is 19.3. The van der Waals surface area contributed by atoms with Crippen LogP contribution in [0.15, 0.2) is 97.4 Å². The third-order valence-corrected chi connectivity index (χ3v) is 5.37. The molecule has 0 saturated carbocycles. The number of hydrogen-bond donors (Lipinski definition) is 0. The lowest BCUT2D eigenvalue weighted by Gasteiger charge is -2.26. The lowest BCUT2D eigenvalue weighted by molar-refractivity contribution is -0.667.